The second kappa shape index (κ2) is 6.47. The van der Waals surface area contributed by atoms with Crippen LogP contribution in [-0.4, -0.2) is 18.2 Å². The number of ether oxygens (including phenoxy) is 1. The maximum atomic E-state index is 12.2. The second-order valence-electron chi connectivity index (χ2n) is 6.02. The molecule has 130 valence electrons. The van der Waals surface area contributed by atoms with Gasteiger partial charge in [0.25, 0.3) is 0 Å². The molecule has 0 atom stereocenters. The number of furan rings is 1. The van der Waals surface area contributed by atoms with Gasteiger partial charge < -0.3 is 19.0 Å². The highest BCUT2D eigenvalue weighted by Gasteiger charge is 2.17. The highest BCUT2D eigenvalue weighted by molar-refractivity contribution is 6.04. The molecule has 6 nitrogen and oxygen atoms in total. The van der Waals surface area contributed by atoms with Gasteiger partial charge in [0.2, 0.25) is 5.91 Å². The number of nitrogens with zero attached hydrogens (tertiary/aromatic N) is 1. The van der Waals surface area contributed by atoms with Crippen molar-refractivity contribution in [2.75, 3.05) is 12.4 Å². The zero-order chi connectivity index (χ0) is 18.1. The molecular weight excluding hydrogens is 320 g/mol. The van der Waals surface area contributed by atoms with Gasteiger partial charge >= 0.3 is 0 Å². The fraction of sp³-hybridized carbons (Fsp3) is 0.263. The Morgan fingerprint density at radius 1 is 1.28 bits per heavy atom. The monoisotopic (exact) mass is 340 g/mol. The van der Waals surface area contributed by atoms with Gasteiger partial charge in [0.05, 0.1) is 13.4 Å². The summed E-state index contributed by atoms with van der Waals surface area (Å²) in [5, 5.41) is 7.44. The van der Waals surface area contributed by atoms with Gasteiger partial charge in [-0.2, -0.15) is 0 Å². The number of nitrogens with one attached hydrogen (secondary N) is 1. The van der Waals surface area contributed by atoms with Crippen molar-refractivity contribution in [3.05, 3.63) is 46.9 Å². The summed E-state index contributed by atoms with van der Waals surface area (Å²) in [6, 6.07) is 3.64. The van der Waals surface area contributed by atoms with Crippen LogP contribution < -0.4 is 10.1 Å². The molecule has 0 unspecified atom stereocenters. The van der Waals surface area contributed by atoms with Gasteiger partial charge in [-0.15, -0.1) is 0 Å². The van der Waals surface area contributed by atoms with Crippen LogP contribution >= 0.6 is 0 Å². The molecular formula is C19H20N2O4. The molecule has 0 fully saturated rings. The van der Waals surface area contributed by atoms with Crippen LogP contribution in [0.3, 0.4) is 0 Å². The van der Waals surface area contributed by atoms with Crippen LogP contribution in [0.15, 0.2) is 33.4 Å². The van der Waals surface area contributed by atoms with Crippen molar-refractivity contribution in [2.45, 2.75) is 27.7 Å². The highest BCUT2D eigenvalue weighted by Crippen LogP contribution is 2.37. The topological polar surface area (TPSA) is 77.5 Å². The number of carbonyl (C=O) groups excluding carboxylic acids is 1. The van der Waals surface area contributed by atoms with Crippen molar-refractivity contribution in [3.8, 4) is 5.75 Å². The average molecular weight is 340 g/mol. The van der Waals surface area contributed by atoms with Crippen molar-refractivity contribution in [1.82, 2.24) is 5.16 Å². The maximum absolute atomic E-state index is 12.2. The Balaban J connectivity index is 1.99. The molecule has 2 aromatic heterocycles. The molecule has 1 aromatic carbocycles. The van der Waals surface area contributed by atoms with Crippen molar-refractivity contribution in [1.29, 1.82) is 0 Å². The first kappa shape index (κ1) is 16.8. The molecule has 0 radical (unpaired) electrons. The van der Waals surface area contributed by atoms with Gasteiger partial charge in [-0.05, 0) is 44.9 Å². The number of amides is 1. The van der Waals surface area contributed by atoms with Gasteiger partial charge in [-0.25, -0.2) is 0 Å². The van der Waals surface area contributed by atoms with Crippen molar-refractivity contribution in [3.63, 3.8) is 0 Å². The Bertz CT molecular complexity index is 979. The zero-order valence-electron chi connectivity index (χ0n) is 14.9. The van der Waals surface area contributed by atoms with Crippen LogP contribution in [0.2, 0.25) is 0 Å². The van der Waals surface area contributed by atoms with E-state index < -0.39 is 0 Å². The van der Waals surface area contributed by atoms with Gasteiger partial charge in [-0.1, -0.05) is 5.16 Å². The van der Waals surface area contributed by atoms with E-state index in [0.717, 1.165) is 33.2 Å². The number of aromatic nitrogens is 1. The van der Waals surface area contributed by atoms with Crippen LogP contribution in [-0.2, 0) is 4.79 Å². The molecule has 1 N–H and O–H groups in total. The summed E-state index contributed by atoms with van der Waals surface area (Å²) in [6.45, 7) is 7.56. The molecule has 25 heavy (non-hydrogen) atoms. The highest BCUT2D eigenvalue weighted by atomic mass is 16.5. The van der Waals surface area contributed by atoms with E-state index >= 15 is 0 Å². The van der Waals surface area contributed by atoms with Crippen LogP contribution in [0.25, 0.3) is 16.5 Å². The van der Waals surface area contributed by atoms with E-state index in [1.165, 1.54) is 6.08 Å². The number of hydrogen-bond donors (Lipinski definition) is 1. The molecule has 2 heterocycles. The molecule has 0 saturated carbocycles. The lowest BCUT2D eigenvalue weighted by Gasteiger charge is -2.13. The third-order valence-corrected chi connectivity index (χ3v) is 4.09. The number of rotatable bonds is 4. The normalized spacial score (nSPS) is 11.8. The van der Waals surface area contributed by atoms with E-state index in [2.05, 4.69) is 10.5 Å². The summed E-state index contributed by atoms with van der Waals surface area (Å²) in [6.07, 6.45) is 3.24. The first-order valence-electron chi connectivity index (χ1n) is 7.89. The molecule has 0 spiro atoms. The van der Waals surface area contributed by atoms with E-state index in [1.54, 1.807) is 26.4 Å². The number of benzene rings is 1. The summed E-state index contributed by atoms with van der Waals surface area (Å²) >= 11 is 0. The predicted octanol–water partition coefficient (Wildman–Crippen LogP) is 4.40. The van der Waals surface area contributed by atoms with E-state index in [-0.39, 0.29) is 5.91 Å². The fourth-order valence-electron chi connectivity index (χ4n) is 2.86. The number of carbonyl (C=O) groups is 1. The Labute approximate surface area is 145 Å². The lowest BCUT2D eigenvalue weighted by atomic mass is 9.98. The number of methoxy groups -OCH3 is 1. The minimum Gasteiger partial charge on any atom is -0.496 e. The minimum atomic E-state index is -0.283. The molecule has 0 bridgehead atoms. The molecule has 6 heteroatoms. The SMILES string of the molecule is COc1c(/C(C)=C/C(=O)Nc2cc(C)on2)cc2c(C)coc2c1C. The summed E-state index contributed by atoms with van der Waals surface area (Å²) in [4.78, 5) is 12.2. The molecule has 0 aliphatic heterocycles. The maximum Gasteiger partial charge on any atom is 0.249 e. The number of hydrogen-bond acceptors (Lipinski definition) is 5. The Morgan fingerprint density at radius 2 is 2.04 bits per heavy atom. The minimum absolute atomic E-state index is 0.283. The Hall–Kier alpha value is -3.02. The largest absolute Gasteiger partial charge is 0.496 e. The summed E-state index contributed by atoms with van der Waals surface area (Å²) in [7, 11) is 1.61. The molecule has 0 saturated heterocycles. The standard InChI is InChI=1S/C19H20N2O4/c1-10(6-17(22)20-16-7-12(3)25-21-16)14-8-15-11(2)9-24-19(15)13(4)18(14)23-5/h6-9H,1-5H3,(H,20,21,22)/b10-6+. The quantitative estimate of drug-likeness (QED) is 0.712. The lowest BCUT2D eigenvalue weighted by Crippen LogP contribution is -2.09. The molecule has 3 aromatic rings. The van der Waals surface area contributed by atoms with E-state index in [0.29, 0.717) is 17.3 Å². The first-order valence-corrected chi connectivity index (χ1v) is 7.89. The smallest absolute Gasteiger partial charge is 0.249 e. The number of allylic oxidation sites excluding steroid dienone is 1. The van der Waals surface area contributed by atoms with Crippen molar-refractivity contribution < 1.29 is 18.5 Å². The summed E-state index contributed by atoms with van der Waals surface area (Å²) < 4.78 is 16.1. The van der Waals surface area contributed by atoms with Crippen molar-refractivity contribution in [2.24, 2.45) is 0 Å². The van der Waals surface area contributed by atoms with Gasteiger partial charge in [0, 0.05) is 28.7 Å². The van der Waals surface area contributed by atoms with E-state index in [4.69, 9.17) is 13.7 Å². The van der Waals surface area contributed by atoms with Gasteiger partial charge in [0.1, 0.15) is 17.1 Å². The van der Waals surface area contributed by atoms with Crippen molar-refractivity contribution >= 4 is 28.3 Å². The number of anilines is 1. The van der Waals surface area contributed by atoms with E-state index in [1.807, 2.05) is 26.8 Å². The van der Waals surface area contributed by atoms with Gasteiger partial charge in [0.15, 0.2) is 5.82 Å². The Morgan fingerprint density at radius 3 is 2.68 bits per heavy atom. The third kappa shape index (κ3) is 3.15. The molecule has 1 amide bonds. The van der Waals surface area contributed by atoms with Gasteiger partial charge in [-0.3, -0.25) is 4.79 Å². The summed E-state index contributed by atoms with van der Waals surface area (Å²) in [5.74, 6) is 1.43. The zero-order valence-corrected chi connectivity index (χ0v) is 14.9. The molecule has 0 aliphatic carbocycles. The van der Waals surface area contributed by atoms with E-state index in [9.17, 15) is 4.79 Å². The molecule has 0 aliphatic rings. The Kier molecular flexibility index (Phi) is 4.35. The predicted molar refractivity (Wildman–Crippen MR) is 95.8 cm³/mol. The van der Waals surface area contributed by atoms with Crippen LogP contribution in [0.5, 0.6) is 5.75 Å². The lowest BCUT2D eigenvalue weighted by molar-refractivity contribution is -0.111. The second-order valence-corrected chi connectivity index (χ2v) is 6.02. The third-order valence-electron chi connectivity index (χ3n) is 4.09. The fourth-order valence-corrected chi connectivity index (χ4v) is 2.86. The van der Waals surface area contributed by atoms with Crippen LogP contribution in [0.4, 0.5) is 5.82 Å². The molecule has 3 rings (SSSR count). The first-order chi connectivity index (χ1) is 11.9. The van der Waals surface area contributed by atoms with Crippen LogP contribution in [0, 0.1) is 20.8 Å². The summed E-state index contributed by atoms with van der Waals surface area (Å²) in [5.41, 5.74) is 4.37. The number of aryl methyl sites for hydroxylation is 3. The van der Waals surface area contributed by atoms with Crippen LogP contribution in [0.1, 0.15) is 29.4 Å². The average Bonchev–Trinajstić information content (AvgIpc) is 3.13. The number of fused-ring (bicyclic) bond motifs is 1.